The number of carbonyl (C=O) groups is 1. The molecule has 116 valence electrons. The number of anilines is 1. The van der Waals surface area contributed by atoms with E-state index in [1.54, 1.807) is 24.3 Å². The van der Waals surface area contributed by atoms with Crippen molar-refractivity contribution in [1.29, 1.82) is 0 Å². The summed E-state index contributed by atoms with van der Waals surface area (Å²) in [6, 6.07) is 6.88. The number of hydrogen-bond donors (Lipinski definition) is 3. The van der Waals surface area contributed by atoms with Gasteiger partial charge in [0.2, 0.25) is 9.70 Å². The van der Waals surface area contributed by atoms with Gasteiger partial charge in [-0.3, -0.25) is 4.79 Å². The Kier molecular flexibility index (Phi) is 7.60. The molecule has 1 amide bonds. The van der Waals surface area contributed by atoms with Crippen molar-refractivity contribution in [3.8, 4) is 0 Å². The first-order chi connectivity index (χ1) is 9.72. The summed E-state index contributed by atoms with van der Waals surface area (Å²) in [5, 5.41) is 8.62. The summed E-state index contributed by atoms with van der Waals surface area (Å²) in [5.74, 6) is -0.779. The minimum atomic E-state index is -1.82. The van der Waals surface area contributed by atoms with Gasteiger partial charge in [0.25, 0.3) is 0 Å². The Labute approximate surface area is 152 Å². The SMILES string of the molecule is O=C(CCl)NC(NC(=S)Nc1cccc(Cl)c1)C(Cl)(Cl)Cl. The van der Waals surface area contributed by atoms with E-state index >= 15 is 0 Å². The van der Waals surface area contributed by atoms with Crippen molar-refractivity contribution >= 4 is 86.9 Å². The molecule has 0 saturated heterocycles. The summed E-state index contributed by atoms with van der Waals surface area (Å²) in [5.41, 5.74) is 0.645. The molecule has 1 rings (SSSR count). The van der Waals surface area contributed by atoms with Crippen LogP contribution in [0.2, 0.25) is 5.02 Å². The van der Waals surface area contributed by atoms with Crippen LogP contribution in [0, 0.1) is 0 Å². The largest absolute Gasteiger partial charge is 0.339 e. The molecule has 0 saturated carbocycles. The summed E-state index contributed by atoms with van der Waals surface area (Å²) in [6.07, 6.45) is -1.05. The molecule has 0 aliphatic heterocycles. The van der Waals surface area contributed by atoms with E-state index in [0.717, 1.165) is 0 Å². The maximum atomic E-state index is 11.3. The summed E-state index contributed by atoms with van der Waals surface area (Å²) < 4.78 is -1.82. The molecular formula is C11H10Cl5N3OS. The molecule has 0 heterocycles. The minimum Gasteiger partial charge on any atom is -0.339 e. The van der Waals surface area contributed by atoms with Crippen molar-refractivity contribution in [2.75, 3.05) is 11.2 Å². The van der Waals surface area contributed by atoms with Crippen LogP contribution in [0.3, 0.4) is 0 Å². The number of benzene rings is 1. The van der Waals surface area contributed by atoms with Gasteiger partial charge in [0.15, 0.2) is 5.11 Å². The Bertz CT molecular complexity index is 523. The number of amides is 1. The third-order valence-electron chi connectivity index (χ3n) is 2.11. The summed E-state index contributed by atoms with van der Waals surface area (Å²) >= 11 is 33.7. The number of carbonyl (C=O) groups excluding carboxylic acids is 1. The highest BCUT2D eigenvalue weighted by Crippen LogP contribution is 2.29. The highest BCUT2D eigenvalue weighted by Gasteiger charge is 2.34. The van der Waals surface area contributed by atoms with E-state index in [4.69, 9.17) is 70.2 Å². The zero-order valence-electron chi connectivity index (χ0n) is 10.3. The molecule has 0 spiro atoms. The number of halogens is 5. The maximum Gasteiger partial charge on any atom is 0.236 e. The number of rotatable bonds is 4. The first kappa shape index (κ1) is 18.9. The van der Waals surface area contributed by atoms with Gasteiger partial charge < -0.3 is 16.0 Å². The summed E-state index contributed by atoms with van der Waals surface area (Å²) in [7, 11) is 0. The lowest BCUT2D eigenvalue weighted by Crippen LogP contribution is -2.56. The zero-order chi connectivity index (χ0) is 16.0. The Morgan fingerprint density at radius 1 is 1.29 bits per heavy atom. The predicted octanol–water partition coefficient (Wildman–Crippen LogP) is 3.68. The smallest absolute Gasteiger partial charge is 0.236 e. The molecule has 0 aliphatic carbocycles. The number of alkyl halides is 4. The Hall–Kier alpha value is -0.170. The van der Waals surface area contributed by atoms with Gasteiger partial charge in [-0.2, -0.15) is 0 Å². The van der Waals surface area contributed by atoms with E-state index in [2.05, 4.69) is 16.0 Å². The van der Waals surface area contributed by atoms with Crippen LogP contribution >= 0.6 is 70.2 Å². The monoisotopic (exact) mass is 407 g/mol. The van der Waals surface area contributed by atoms with Gasteiger partial charge in [0.05, 0.1) is 0 Å². The topological polar surface area (TPSA) is 53.2 Å². The van der Waals surface area contributed by atoms with E-state index in [0.29, 0.717) is 10.7 Å². The van der Waals surface area contributed by atoms with Crippen LogP contribution in [0.15, 0.2) is 24.3 Å². The van der Waals surface area contributed by atoms with Crippen LogP contribution in [0.4, 0.5) is 5.69 Å². The average molecular weight is 410 g/mol. The van der Waals surface area contributed by atoms with Crippen LogP contribution in [0.1, 0.15) is 0 Å². The lowest BCUT2D eigenvalue weighted by atomic mass is 10.3. The molecule has 10 heteroatoms. The Morgan fingerprint density at radius 3 is 2.48 bits per heavy atom. The fraction of sp³-hybridized carbons (Fsp3) is 0.273. The highest BCUT2D eigenvalue weighted by atomic mass is 35.6. The van der Waals surface area contributed by atoms with E-state index < -0.39 is 15.9 Å². The normalized spacial score (nSPS) is 12.4. The van der Waals surface area contributed by atoms with Gasteiger partial charge in [0.1, 0.15) is 12.0 Å². The number of hydrogen-bond acceptors (Lipinski definition) is 2. The van der Waals surface area contributed by atoms with Crippen LogP contribution in [0.25, 0.3) is 0 Å². The van der Waals surface area contributed by atoms with Crippen LogP contribution in [-0.4, -0.2) is 26.9 Å². The molecule has 1 aromatic rings. The van der Waals surface area contributed by atoms with Crippen molar-refractivity contribution in [1.82, 2.24) is 10.6 Å². The van der Waals surface area contributed by atoms with E-state index in [9.17, 15) is 4.79 Å². The van der Waals surface area contributed by atoms with Gasteiger partial charge in [-0.05, 0) is 30.4 Å². The third-order valence-corrected chi connectivity index (χ3v) is 3.46. The maximum absolute atomic E-state index is 11.3. The second-order valence-electron chi connectivity index (χ2n) is 3.78. The van der Waals surface area contributed by atoms with Crippen LogP contribution in [-0.2, 0) is 4.79 Å². The standard InChI is InChI=1S/C11H10Cl5N3OS/c12-5-8(20)18-9(11(14,15)16)19-10(21)17-7-3-1-2-6(13)4-7/h1-4,9H,5H2,(H,18,20)(H2,17,19,21). The molecule has 3 N–H and O–H groups in total. The summed E-state index contributed by atoms with van der Waals surface area (Å²) in [4.78, 5) is 11.3. The molecule has 1 atom stereocenters. The average Bonchev–Trinajstić information content (AvgIpc) is 2.36. The van der Waals surface area contributed by atoms with Gasteiger partial charge in [0, 0.05) is 10.7 Å². The van der Waals surface area contributed by atoms with Crippen molar-refractivity contribution in [3.63, 3.8) is 0 Å². The molecule has 21 heavy (non-hydrogen) atoms. The summed E-state index contributed by atoms with van der Waals surface area (Å²) in [6.45, 7) is 0. The fourth-order valence-electron chi connectivity index (χ4n) is 1.26. The first-order valence-electron chi connectivity index (χ1n) is 5.47. The van der Waals surface area contributed by atoms with Gasteiger partial charge in [-0.25, -0.2) is 0 Å². The first-order valence-corrected chi connectivity index (χ1v) is 7.93. The number of nitrogens with one attached hydrogen (secondary N) is 3. The van der Waals surface area contributed by atoms with Crippen molar-refractivity contribution in [2.24, 2.45) is 0 Å². The molecule has 1 aromatic carbocycles. The molecule has 0 aliphatic rings. The lowest BCUT2D eigenvalue weighted by molar-refractivity contribution is -0.119. The second-order valence-corrected chi connectivity index (χ2v) is 7.27. The zero-order valence-corrected chi connectivity index (χ0v) is 14.9. The Balaban J connectivity index is 2.70. The molecule has 0 radical (unpaired) electrons. The molecule has 0 bridgehead atoms. The van der Waals surface area contributed by atoms with Crippen LogP contribution in [0.5, 0.6) is 0 Å². The van der Waals surface area contributed by atoms with Gasteiger partial charge >= 0.3 is 0 Å². The molecule has 0 fully saturated rings. The van der Waals surface area contributed by atoms with Crippen LogP contribution < -0.4 is 16.0 Å². The highest BCUT2D eigenvalue weighted by molar-refractivity contribution is 7.80. The molecule has 0 aromatic heterocycles. The van der Waals surface area contributed by atoms with Crippen molar-refractivity contribution in [2.45, 2.75) is 9.96 Å². The third kappa shape index (κ3) is 7.08. The second kappa shape index (κ2) is 8.46. The lowest BCUT2D eigenvalue weighted by Gasteiger charge is -2.27. The van der Waals surface area contributed by atoms with Crippen molar-refractivity contribution < 1.29 is 4.79 Å². The molecular weight excluding hydrogens is 399 g/mol. The van der Waals surface area contributed by atoms with Gasteiger partial charge in [-0.1, -0.05) is 52.5 Å². The van der Waals surface area contributed by atoms with Crippen molar-refractivity contribution in [3.05, 3.63) is 29.3 Å². The van der Waals surface area contributed by atoms with E-state index in [-0.39, 0.29) is 11.0 Å². The molecule has 4 nitrogen and oxygen atoms in total. The van der Waals surface area contributed by atoms with E-state index in [1.807, 2.05) is 0 Å². The number of thiocarbonyl (C=S) groups is 1. The molecule has 1 unspecified atom stereocenters. The quantitative estimate of drug-likeness (QED) is 0.403. The fourth-order valence-corrected chi connectivity index (χ4v) is 2.09. The Morgan fingerprint density at radius 2 is 1.95 bits per heavy atom. The predicted molar refractivity (Wildman–Crippen MR) is 93.7 cm³/mol. The van der Waals surface area contributed by atoms with Gasteiger partial charge in [-0.15, -0.1) is 11.6 Å². The minimum absolute atomic E-state index is 0.142. The van der Waals surface area contributed by atoms with E-state index in [1.165, 1.54) is 0 Å².